The number of hydrogen-bond acceptors (Lipinski definition) is 7. The Bertz CT molecular complexity index is 868. The molecular formula is C31H49NO4S2. The largest absolute Gasteiger partial charge is 0.466 e. The third-order valence-corrected chi connectivity index (χ3v) is 8.94. The zero-order valence-corrected chi connectivity index (χ0v) is 25.4. The highest BCUT2D eigenvalue weighted by Crippen LogP contribution is 2.33. The molecule has 1 aromatic heterocycles. The Morgan fingerprint density at radius 1 is 0.763 bits per heavy atom. The first kappa shape index (κ1) is 32.6. The quantitative estimate of drug-likeness (QED) is 0.0762. The topological polar surface area (TPSA) is 65.5 Å². The van der Waals surface area contributed by atoms with Crippen LogP contribution in [-0.4, -0.2) is 35.4 Å². The summed E-state index contributed by atoms with van der Waals surface area (Å²) >= 11 is 2.86. The number of carbonyl (C=O) groups is 2. The molecule has 0 aliphatic rings. The van der Waals surface area contributed by atoms with Gasteiger partial charge in [-0.15, -0.1) is 11.3 Å². The molecule has 0 radical (unpaired) electrons. The molecule has 2 aromatic rings. The van der Waals surface area contributed by atoms with Gasteiger partial charge in [-0.05, 0) is 25.0 Å². The Morgan fingerprint density at radius 3 is 1.87 bits per heavy atom. The van der Waals surface area contributed by atoms with Gasteiger partial charge in [0.25, 0.3) is 0 Å². The van der Waals surface area contributed by atoms with Crippen LogP contribution in [0.25, 0.3) is 10.2 Å². The van der Waals surface area contributed by atoms with E-state index in [1.165, 1.54) is 100 Å². The molecule has 0 saturated heterocycles. The van der Waals surface area contributed by atoms with Crippen LogP contribution in [0.1, 0.15) is 123 Å². The third kappa shape index (κ3) is 14.5. The van der Waals surface area contributed by atoms with Gasteiger partial charge in [-0.3, -0.25) is 9.59 Å². The van der Waals surface area contributed by atoms with Crippen LogP contribution in [0.2, 0.25) is 0 Å². The molecule has 1 atom stereocenters. The summed E-state index contributed by atoms with van der Waals surface area (Å²) in [6.07, 6.45) is 19.1. The number of thiazole rings is 1. The third-order valence-electron chi connectivity index (χ3n) is 6.64. The van der Waals surface area contributed by atoms with E-state index in [-0.39, 0.29) is 18.4 Å². The van der Waals surface area contributed by atoms with Gasteiger partial charge in [0.1, 0.15) is 5.25 Å². The van der Waals surface area contributed by atoms with Crippen molar-refractivity contribution < 1.29 is 19.1 Å². The lowest BCUT2D eigenvalue weighted by molar-refractivity contribution is -0.149. The minimum absolute atomic E-state index is 0.00781. The molecule has 0 bridgehead atoms. The molecule has 0 fully saturated rings. The molecule has 38 heavy (non-hydrogen) atoms. The number of aromatic nitrogens is 1. The number of esters is 2. The average Bonchev–Trinajstić information content (AvgIpc) is 3.33. The van der Waals surface area contributed by atoms with E-state index in [4.69, 9.17) is 9.47 Å². The van der Waals surface area contributed by atoms with Crippen LogP contribution in [0.3, 0.4) is 0 Å². The zero-order chi connectivity index (χ0) is 27.3. The molecule has 5 nitrogen and oxygen atoms in total. The first-order chi connectivity index (χ1) is 18.6. The van der Waals surface area contributed by atoms with Crippen LogP contribution in [0, 0.1) is 0 Å². The minimum atomic E-state index is -0.643. The van der Waals surface area contributed by atoms with Gasteiger partial charge in [0.05, 0.1) is 29.9 Å². The molecule has 214 valence electrons. The second-order valence-corrected chi connectivity index (χ2v) is 12.6. The van der Waals surface area contributed by atoms with E-state index >= 15 is 0 Å². The fourth-order valence-electron chi connectivity index (χ4n) is 4.33. The Kier molecular flexibility index (Phi) is 18.2. The van der Waals surface area contributed by atoms with Crippen LogP contribution in [0.4, 0.5) is 0 Å². The lowest BCUT2D eigenvalue weighted by Gasteiger charge is -2.14. The number of unbranched alkanes of at least 4 members (excludes halogenated alkanes) is 14. The van der Waals surface area contributed by atoms with Gasteiger partial charge < -0.3 is 9.47 Å². The summed E-state index contributed by atoms with van der Waals surface area (Å²) in [6, 6.07) is 7.91. The summed E-state index contributed by atoms with van der Waals surface area (Å²) in [7, 11) is 0. The highest BCUT2D eigenvalue weighted by molar-refractivity contribution is 8.02. The summed E-state index contributed by atoms with van der Waals surface area (Å²) in [5.41, 5.74) is 0.906. The second kappa shape index (κ2) is 21.2. The summed E-state index contributed by atoms with van der Waals surface area (Å²) < 4.78 is 12.9. The number of para-hydroxylation sites is 1. The van der Waals surface area contributed by atoms with E-state index < -0.39 is 5.25 Å². The summed E-state index contributed by atoms with van der Waals surface area (Å²) in [6.45, 7) is 5.28. The Hall–Kier alpha value is -1.60. The fraction of sp³-hybridized carbons (Fsp3) is 0.710. The van der Waals surface area contributed by atoms with Gasteiger partial charge in [0, 0.05) is 0 Å². The van der Waals surface area contributed by atoms with Gasteiger partial charge in [-0.1, -0.05) is 128 Å². The number of nitrogens with zero attached hydrogens (tertiary/aromatic N) is 1. The Morgan fingerprint density at radius 2 is 1.29 bits per heavy atom. The molecule has 0 saturated carbocycles. The van der Waals surface area contributed by atoms with Gasteiger partial charge in [-0.2, -0.15) is 0 Å². The van der Waals surface area contributed by atoms with Crippen LogP contribution < -0.4 is 0 Å². The highest BCUT2D eigenvalue weighted by Gasteiger charge is 2.27. The van der Waals surface area contributed by atoms with Crippen molar-refractivity contribution in [1.29, 1.82) is 0 Å². The maximum Gasteiger partial charge on any atom is 0.320 e. The Labute approximate surface area is 238 Å². The summed E-state index contributed by atoms with van der Waals surface area (Å²) in [4.78, 5) is 30.2. The molecule has 1 heterocycles. The average molecular weight is 564 g/mol. The number of ether oxygens (including phenoxy) is 2. The molecule has 2 rings (SSSR count). The van der Waals surface area contributed by atoms with Crippen molar-refractivity contribution in [3.8, 4) is 0 Å². The van der Waals surface area contributed by atoms with Gasteiger partial charge >= 0.3 is 11.9 Å². The molecule has 1 unspecified atom stereocenters. The van der Waals surface area contributed by atoms with Crippen molar-refractivity contribution in [2.24, 2.45) is 0 Å². The molecule has 0 amide bonds. The summed E-state index contributed by atoms with van der Waals surface area (Å²) in [5.74, 6) is -0.684. The zero-order valence-electron chi connectivity index (χ0n) is 23.7. The first-order valence-corrected chi connectivity index (χ1v) is 16.7. The van der Waals surface area contributed by atoms with Crippen molar-refractivity contribution in [2.45, 2.75) is 133 Å². The van der Waals surface area contributed by atoms with Crippen LogP contribution in [-0.2, 0) is 19.1 Å². The predicted molar refractivity (Wildman–Crippen MR) is 161 cm³/mol. The van der Waals surface area contributed by atoms with E-state index in [2.05, 4.69) is 18.8 Å². The van der Waals surface area contributed by atoms with Crippen LogP contribution in [0.5, 0.6) is 0 Å². The van der Waals surface area contributed by atoms with Gasteiger partial charge in [-0.25, -0.2) is 4.98 Å². The van der Waals surface area contributed by atoms with Crippen molar-refractivity contribution in [3.63, 3.8) is 0 Å². The van der Waals surface area contributed by atoms with E-state index in [0.717, 1.165) is 40.2 Å². The molecule has 0 aliphatic carbocycles. The monoisotopic (exact) mass is 563 g/mol. The SMILES string of the molecule is CCCCCCCCCCOC(=O)CC(Sc1nc2ccccc2s1)C(=O)OCCCCCCCCCC. The molecule has 0 N–H and O–H groups in total. The van der Waals surface area contributed by atoms with Crippen LogP contribution in [0.15, 0.2) is 28.6 Å². The second-order valence-electron chi connectivity index (χ2n) is 10.1. The predicted octanol–water partition coefficient (Wildman–Crippen LogP) is 9.51. The smallest absolute Gasteiger partial charge is 0.320 e. The number of carbonyl (C=O) groups excluding carboxylic acids is 2. The maximum absolute atomic E-state index is 13.0. The number of thioether (sulfide) groups is 1. The molecule has 7 heteroatoms. The van der Waals surface area contributed by atoms with E-state index in [0.29, 0.717) is 13.2 Å². The number of rotatable bonds is 23. The minimum Gasteiger partial charge on any atom is -0.466 e. The van der Waals surface area contributed by atoms with E-state index in [1.54, 1.807) is 0 Å². The lowest BCUT2D eigenvalue weighted by atomic mass is 10.1. The van der Waals surface area contributed by atoms with Gasteiger partial charge in [0.2, 0.25) is 0 Å². The van der Waals surface area contributed by atoms with Crippen molar-refractivity contribution in [1.82, 2.24) is 4.98 Å². The van der Waals surface area contributed by atoms with Crippen LogP contribution >= 0.6 is 23.1 Å². The highest BCUT2D eigenvalue weighted by atomic mass is 32.2. The number of benzene rings is 1. The fourth-order valence-corrected chi connectivity index (χ4v) is 6.62. The van der Waals surface area contributed by atoms with E-state index in [9.17, 15) is 9.59 Å². The molecule has 0 aliphatic heterocycles. The standard InChI is InChI=1S/C31H49NO4S2/c1-3-5-7-9-11-13-15-19-23-35-29(33)25-28(38-31-32-26-21-17-18-22-27(26)37-31)30(34)36-24-20-16-14-12-10-8-6-4-2/h17-18,21-22,28H,3-16,19-20,23-25H2,1-2H3. The number of hydrogen-bond donors (Lipinski definition) is 0. The first-order valence-electron chi connectivity index (χ1n) is 15.0. The lowest BCUT2D eigenvalue weighted by Crippen LogP contribution is -2.25. The Balaban J connectivity index is 1.75. The normalized spacial score (nSPS) is 12.1. The molecule has 0 spiro atoms. The van der Waals surface area contributed by atoms with Crippen molar-refractivity contribution in [3.05, 3.63) is 24.3 Å². The molecular weight excluding hydrogens is 514 g/mol. The molecule has 1 aromatic carbocycles. The van der Waals surface area contributed by atoms with Crippen molar-refractivity contribution in [2.75, 3.05) is 13.2 Å². The van der Waals surface area contributed by atoms with E-state index in [1.807, 2.05) is 24.3 Å². The summed E-state index contributed by atoms with van der Waals surface area (Å²) in [5, 5.41) is -0.643. The van der Waals surface area contributed by atoms with Gasteiger partial charge in [0.15, 0.2) is 4.34 Å². The number of fused-ring (bicyclic) bond motifs is 1. The maximum atomic E-state index is 13.0. The van der Waals surface area contributed by atoms with Crippen molar-refractivity contribution >= 4 is 45.3 Å².